The Balaban J connectivity index is 1.23. The molecule has 0 saturated carbocycles. The Hall–Kier alpha value is -3.78. The zero-order valence-corrected chi connectivity index (χ0v) is 21.4. The molecule has 2 bridgehead atoms. The lowest BCUT2D eigenvalue weighted by atomic mass is 9.74. The minimum Gasteiger partial charge on any atom is -0.496 e. The molecule has 1 amide bonds. The topological polar surface area (TPSA) is 93.7 Å². The van der Waals surface area contributed by atoms with Gasteiger partial charge in [-0.25, -0.2) is 14.8 Å². The molecule has 1 N–H and O–H groups in total. The van der Waals surface area contributed by atoms with Crippen LogP contribution in [0.4, 0.5) is 10.5 Å². The first-order valence-electron chi connectivity index (χ1n) is 12.7. The number of hydrogen-bond acceptors (Lipinski definition) is 7. The second-order valence-corrected chi connectivity index (χ2v) is 9.83. The van der Waals surface area contributed by atoms with Crippen molar-refractivity contribution in [1.29, 1.82) is 0 Å². The highest BCUT2D eigenvalue weighted by molar-refractivity contribution is 5.96. The van der Waals surface area contributed by atoms with Crippen LogP contribution < -0.4 is 10.1 Å². The van der Waals surface area contributed by atoms with Gasteiger partial charge in [-0.05, 0) is 69.5 Å². The molecule has 3 saturated heterocycles. The van der Waals surface area contributed by atoms with Gasteiger partial charge in [0.15, 0.2) is 5.78 Å². The fraction of sp³-hybridized carbons (Fsp3) is 0.379. The molecule has 3 aromatic rings. The first kappa shape index (κ1) is 24.9. The van der Waals surface area contributed by atoms with Gasteiger partial charge in [0.1, 0.15) is 18.2 Å². The van der Waals surface area contributed by atoms with Crippen LogP contribution in [-0.2, 0) is 4.74 Å². The van der Waals surface area contributed by atoms with Crippen LogP contribution in [0.15, 0.2) is 54.6 Å². The second-order valence-electron chi connectivity index (χ2n) is 9.83. The van der Waals surface area contributed by atoms with Gasteiger partial charge in [-0.2, -0.15) is 0 Å². The molecule has 6 rings (SSSR count). The van der Waals surface area contributed by atoms with Crippen LogP contribution in [0.1, 0.15) is 47.6 Å². The Morgan fingerprint density at radius 3 is 2.70 bits per heavy atom. The number of nitrogens with one attached hydrogen (secondary N) is 1. The number of aryl methyl sites for hydroxylation is 1. The first-order chi connectivity index (χ1) is 17.9. The largest absolute Gasteiger partial charge is 0.496 e. The molecular weight excluding hydrogens is 468 g/mol. The molecule has 4 heterocycles. The summed E-state index contributed by atoms with van der Waals surface area (Å²) < 4.78 is 11.1. The molecule has 1 aromatic heterocycles. The number of piperidine rings is 3. The van der Waals surface area contributed by atoms with Gasteiger partial charge in [0.05, 0.1) is 12.8 Å². The van der Waals surface area contributed by atoms with Crippen LogP contribution in [-0.4, -0.2) is 59.6 Å². The standard InChI is InChI=1S/C29H32N4O4/c1-18(34)20-7-6-8-22(13-20)32-29(35)37-17-23-14-21-11-12-33(23)16-25(21)27-15-26(30-19(2)31-27)24-9-4-5-10-28(24)36-3/h4-10,13,15,21,23,25H,11-12,14,16-17H2,1-3H3,(H,32,35)/t21-,23+,25+/m0/s1. The van der Waals surface area contributed by atoms with E-state index in [0.29, 0.717) is 29.7 Å². The van der Waals surface area contributed by atoms with Crippen molar-refractivity contribution in [2.75, 3.05) is 32.1 Å². The van der Waals surface area contributed by atoms with E-state index in [0.717, 1.165) is 54.5 Å². The van der Waals surface area contributed by atoms with E-state index in [9.17, 15) is 9.59 Å². The summed E-state index contributed by atoms with van der Waals surface area (Å²) in [6, 6.07) is 17.1. The molecular formula is C29H32N4O4. The summed E-state index contributed by atoms with van der Waals surface area (Å²) in [6.07, 6.45) is 1.54. The van der Waals surface area contributed by atoms with E-state index in [2.05, 4.69) is 16.3 Å². The van der Waals surface area contributed by atoms with Gasteiger partial charge >= 0.3 is 6.09 Å². The SMILES string of the molecule is COc1ccccc1-c1cc([C@@H]2CN3CC[C@H]2C[C@@H]3COC(=O)Nc2cccc(C(C)=O)c2)nc(C)n1. The van der Waals surface area contributed by atoms with Crippen LogP contribution in [0.2, 0.25) is 0 Å². The highest BCUT2D eigenvalue weighted by atomic mass is 16.5. The average Bonchev–Trinajstić information content (AvgIpc) is 2.92. The molecule has 0 aliphatic carbocycles. The van der Waals surface area contributed by atoms with Crippen molar-refractivity contribution in [2.45, 2.75) is 38.6 Å². The van der Waals surface area contributed by atoms with Crippen molar-refractivity contribution in [3.05, 3.63) is 71.7 Å². The van der Waals surface area contributed by atoms with E-state index in [1.54, 1.807) is 31.4 Å². The number of carbonyl (C=O) groups excluding carboxylic acids is 2. The second kappa shape index (κ2) is 10.7. The van der Waals surface area contributed by atoms with E-state index in [4.69, 9.17) is 19.4 Å². The molecule has 0 spiro atoms. The molecule has 3 aliphatic heterocycles. The van der Waals surface area contributed by atoms with Crippen LogP contribution in [0, 0.1) is 12.8 Å². The molecule has 3 aliphatic rings. The molecule has 1 unspecified atom stereocenters. The minimum absolute atomic E-state index is 0.0495. The van der Waals surface area contributed by atoms with E-state index in [1.807, 2.05) is 31.2 Å². The molecule has 0 radical (unpaired) electrons. The number of anilines is 1. The van der Waals surface area contributed by atoms with Crippen molar-refractivity contribution >= 4 is 17.6 Å². The molecule has 4 atom stereocenters. The molecule has 192 valence electrons. The predicted octanol–water partition coefficient (Wildman–Crippen LogP) is 5.09. The zero-order valence-electron chi connectivity index (χ0n) is 21.4. The number of amides is 1. The van der Waals surface area contributed by atoms with Gasteiger partial charge in [-0.1, -0.05) is 24.3 Å². The fourth-order valence-electron chi connectivity index (χ4n) is 5.56. The highest BCUT2D eigenvalue weighted by Gasteiger charge is 2.42. The van der Waals surface area contributed by atoms with Gasteiger partial charge < -0.3 is 9.47 Å². The zero-order chi connectivity index (χ0) is 25.9. The minimum atomic E-state index is -0.507. The lowest BCUT2D eigenvalue weighted by molar-refractivity contribution is -0.00151. The fourth-order valence-corrected chi connectivity index (χ4v) is 5.56. The van der Waals surface area contributed by atoms with Gasteiger partial charge in [0.25, 0.3) is 0 Å². The Kier molecular flexibility index (Phi) is 7.19. The van der Waals surface area contributed by atoms with Crippen molar-refractivity contribution < 1.29 is 19.1 Å². The van der Waals surface area contributed by atoms with E-state index < -0.39 is 6.09 Å². The molecule has 2 aromatic carbocycles. The maximum atomic E-state index is 12.4. The Morgan fingerprint density at radius 2 is 1.95 bits per heavy atom. The molecule has 3 fully saturated rings. The molecule has 8 nitrogen and oxygen atoms in total. The third kappa shape index (κ3) is 5.49. The summed E-state index contributed by atoms with van der Waals surface area (Å²) in [7, 11) is 1.67. The maximum Gasteiger partial charge on any atom is 0.411 e. The number of benzene rings is 2. The number of carbonyl (C=O) groups is 2. The number of ketones is 1. The summed E-state index contributed by atoms with van der Waals surface area (Å²) in [4.78, 5) is 36.0. The summed E-state index contributed by atoms with van der Waals surface area (Å²) in [6.45, 7) is 5.63. The number of nitrogens with zero attached hydrogens (tertiary/aromatic N) is 3. The number of para-hydroxylation sites is 1. The normalized spacial score (nSPS) is 22.4. The number of hydrogen-bond donors (Lipinski definition) is 1. The Bertz CT molecular complexity index is 1310. The lowest BCUT2D eigenvalue weighted by Crippen LogP contribution is -2.54. The van der Waals surface area contributed by atoms with Crippen molar-refractivity contribution in [1.82, 2.24) is 14.9 Å². The summed E-state index contributed by atoms with van der Waals surface area (Å²) in [5.41, 5.74) is 4.00. The lowest BCUT2D eigenvalue weighted by Gasteiger charge is -2.49. The highest BCUT2D eigenvalue weighted by Crippen LogP contribution is 2.42. The van der Waals surface area contributed by atoms with Crippen LogP contribution in [0.25, 0.3) is 11.3 Å². The molecule has 8 heteroatoms. The third-order valence-corrected chi connectivity index (χ3v) is 7.42. The van der Waals surface area contributed by atoms with Crippen LogP contribution in [0.3, 0.4) is 0 Å². The quantitative estimate of drug-likeness (QED) is 0.452. The summed E-state index contributed by atoms with van der Waals surface area (Å²) >= 11 is 0. The number of aromatic nitrogens is 2. The van der Waals surface area contributed by atoms with Gasteiger partial charge in [0.2, 0.25) is 0 Å². The van der Waals surface area contributed by atoms with Crippen molar-refractivity contribution in [2.24, 2.45) is 5.92 Å². The maximum absolute atomic E-state index is 12.4. The van der Waals surface area contributed by atoms with Gasteiger partial charge in [-0.3, -0.25) is 15.0 Å². The van der Waals surface area contributed by atoms with Gasteiger partial charge in [-0.15, -0.1) is 0 Å². The predicted molar refractivity (Wildman–Crippen MR) is 141 cm³/mol. The number of ether oxygens (including phenoxy) is 2. The number of methoxy groups -OCH3 is 1. The van der Waals surface area contributed by atoms with Gasteiger partial charge in [0, 0.05) is 41.0 Å². The monoisotopic (exact) mass is 500 g/mol. The number of fused-ring (bicyclic) bond motifs is 3. The Labute approximate surface area is 217 Å². The van der Waals surface area contributed by atoms with E-state index in [-0.39, 0.29) is 11.8 Å². The summed E-state index contributed by atoms with van der Waals surface area (Å²) in [5.74, 6) is 2.27. The first-order valence-corrected chi connectivity index (χ1v) is 12.7. The average molecular weight is 501 g/mol. The smallest absolute Gasteiger partial charge is 0.411 e. The number of Topliss-reactive ketones (excluding diaryl/α,β-unsaturated/α-hetero) is 1. The van der Waals surface area contributed by atoms with E-state index in [1.165, 1.54) is 6.92 Å². The van der Waals surface area contributed by atoms with Crippen LogP contribution in [0.5, 0.6) is 5.75 Å². The summed E-state index contributed by atoms with van der Waals surface area (Å²) in [5, 5.41) is 2.73. The molecule has 37 heavy (non-hydrogen) atoms. The van der Waals surface area contributed by atoms with E-state index >= 15 is 0 Å². The van der Waals surface area contributed by atoms with Crippen LogP contribution >= 0.6 is 0 Å². The van der Waals surface area contributed by atoms with Crippen molar-refractivity contribution in [3.8, 4) is 17.0 Å². The van der Waals surface area contributed by atoms with Crippen molar-refractivity contribution in [3.63, 3.8) is 0 Å². The number of rotatable bonds is 7. The Morgan fingerprint density at radius 1 is 1.11 bits per heavy atom. The third-order valence-electron chi connectivity index (χ3n) is 7.42.